The molecule has 7 nitrogen and oxygen atoms in total. The molecule has 0 aliphatic carbocycles. The van der Waals surface area contributed by atoms with Crippen molar-refractivity contribution in [1.29, 1.82) is 0 Å². The third-order valence-corrected chi connectivity index (χ3v) is 3.85. The summed E-state index contributed by atoms with van der Waals surface area (Å²) in [5.74, 6) is -1.39. The fourth-order valence-electron chi connectivity index (χ4n) is 2.08. The van der Waals surface area contributed by atoms with Gasteiger partial charge >= 0.3 is 12.0 Å². The molecule has 1 aliphatic heterocycles. The zero-order chi connectivity index (χ0) is 15.6. The van der Waals surface area contributed by atoms with Crippen LogP contribution in [0.4, 0.5) is 4.79 Å². The van der Waals surface area contributed by atoms with E-state index in [1.165, 1.54) is 4.90 Å². The summed E-state index contributed by atoms with van der Waals surface area (Å²) in [5.41, 5.74) is 3.50. The van der Waals surface area contributed by atoms with Gasteiger partial charge in [-0.15, -0.1) is 0 Å². The van der Waals surface area contributed by atoms with Gasteiger partial charge in [-0.2, -0.15) is 0 Å². The summed E-state index contributed by atoms with van der Waals surface area (Å²) in [6, 6.07) is -0.355. The Kier molecular flexibility index (Phi) is 4.62. The number of carbonyl (C=O) groups excluding carboxylic acids is 2. The maximum absolute atomic E-state index is 12.0. The van der Waals surface area contributed by atoms with Crippen molar-refractivity contribution in [2.75, 3.05) is 19.6 Å². The van der Waals surface area contributed by atoms with Gasteiger partial charge in [0.15, 0.2) is 0 Å². The SMILES string of the molecule is CC(C)(CNC(=O)N1CCCC(C)(C(=O)O)C1)C(N)=O. The highest BCUT2D eigenvalue weighted by atomic mass is 16.4. The number of nitrogens with one attached hydrogen (secondary N) is 1. The number of nitrogens with two attached hydrogens (primary N) is 1. The van der Waals surface area contributed by atoms with Crippen molar-refractivity contribution >= 4 is 17.9 Å². The van der Waals surface area contributed by atoms with E-state index in [-0.39, 0.29) is 19.1 Å². The third kappa shape index (κ3) is 3.61. The number of hydrogen-bond donors (Lipinski definition) is 3. The Hall–Kier alpha value is -1.79. The summed E-state index contributed by atoms with van der Waals surface area (Å²) in [6.07, 6.45) is 1.20. The standard InChI is InChI=1S/C13H23N3O4/c1-12(2,9(14)17)7-15-11(20)16-6-4-5-13(3,8-16)10(18)19/h4-8H2,1-3H3,(H2,14,17)(H,15,20)(H,18,19). The van der Waals surface area contributed by atoms with Gasteiger partial charge in [-0.1, -0.05) is 0 Å². The molecule has 20 heavy (non-hydrogen) atoms. The Bertz CT molecular complexity index is 422. The van der Waals surface area contributed by atoms with Crippen LogP contribution >= 0.6 is 0 Å². The molecule has 1 rings (SSSR count). The topological polar surface area (TPSA) is 113 Å². The predicted octanol–water partition coefficient (Wildman–Crippen LogP) is 0.394. The lowest BCUT2D eigenvalue weighted by molar-refractivity contribution is -0.150. The van der Waals surface area contributed by atoms with Gasteiger partial charge in [0.1, 0.15) is 0 Å². The summed E-state index contributed by atoms with van der Waals surface area (Å²) in [6.45, 7) is 5.75. The van der Waals surface area contributed by atoms with Crippen LogP contribution in [-0.4, -0.2) is 47.5 Å². The summed E-state index contributed by atoms with van der Waals surface area (Å²) in [5, 5.41) is 11.9. The van der Waals surface area contributed by atoms with Crippen molar-refractivity contribution in [3.63, 3.8) is 0 Å². The van der Waals surface area contributed by atoms with Crippen LogP contribution in [0.15, 0.2) is 0 Å². The molecule has 1 fully saturated rings. The maximum atomic E-state index is 12.0. The molecule has 1 saturated heterocycles. The zero-order valence-corrected chi connectivity index (χ0v) is 12.2. The molecular formula is C13H23N3O4. The summed E-state index contributed by atoms with van der Waals surface area (Å²) in [7, 11) is 0. The predicted molar refractivity (Wildman–Crippen MR) is 72.9 cm³/mol. The van der Waals surface area contributed by atoms with Crippen molar-refractivity contribution in [1.82, 2.24) is 10.2 Å². The van der Waals surface area contributed by atoms with E-state index in [2.05, 4.69) is 5.32 Å². The van der Waals surface area contributed by atoms with Gasteiger partial charge < -0.3 is 21.1 Å². The number of primary amides is 1. The van der Waals surface area contributed by atoms with Crippen LogP contribution < -0.4 is 11.1 Å². The number of likely N-dealkylation sites (tertiary alicyclic amines) is 1. The quantitative estimate of drug-likeness (QED) is 0.693. The van der Waals surface area contributed by atoms with Gasteiger partial charge in [0, 0.05) is 19.6 Å². The van der Waals surface area contributed by atoms with Crippen molar-refractivity contribution in [2.45, 2.75) is 33.6 Å². The van der Waals surface area contributed by atoms with E-state index >= 15 is 0 Å². The highest BCUT2D eigenvalue weighted by Crippen LogP contribution is 2.29. The Morgan fingerprint density at radius 2 is 2.00 bits per heavy atom. The molecule has 7 heteroatoms. The third-order valence-electron chi connectivity index (χ3n) is 3.85. The second-order valence-electron chi connectivity index (χ2n) is 6.30. The molecule has 1 atom stereocenters. The first-order valence-electron chi connectivity index (χ1n) is 6.64. The van der Waals surface area contributed by atoms with E-state index in [1.807, 2.05) is 0 Å². The second kappa shape index (κ2) is 5.68. The van der Waals surface area contributed by atoms with Gasteiger partial charge in [0.05, 0.1) is 10.8 Å². The van der Waals surface area contributed by atoms with Crippen molar-refractivity contribution in [3.8, 4) is 0 Å². The van der Waals surface area contributed by atoms with Crippen LogP contribution in [0.2, 0.25) is 0 Å². The first-order chi connectivity index (χ1) is 9.08. The molecule has 0 aromatic rings. The number of hydrogen-bond acceptors (Lipinski definition) is 3. The molecule has 1 aliphatic rings. The molecule has 3 amide bonds. The molecule has 0 aromatic heterocycles. The van der Waals surface area contributed by atoms with Crippen LogP contribution in [0.5, 0.6) is 0 Å². The minimum Gasteiger partial charge on any atom is -0.481 e. The average molecular weight is 285 g/mol. The lowest BCUT2D eigenvalue weighted by Gasteiger charge is -2.37. The molecule has 0 saturated carbocycles. The van der Waals surface area contributed by atoms with E-state index < -0.39 is 22.7 Å². The van der Waals surface area contributed by atoms with Gasteiger partial charge in [0.2, 0.25) is 5.91 Å². The number of carboxylic acid groups (broad SMARTS) is 1. The molecule has 114 valence electrons. The van der Waals surface area contributed by atoms with Gasteiger partial charge in [-0.3, -0.25) is 9.59 Å². The number of amides is 3. The van der Waals surface area contributed by atoms with Crippen LogP contribution in [-0.2, 0) is 9.59 Å². The Balaban J connectivity index is 2.60. The zero-order valence-electron chi connectivity index (χ0n) is 12.2. The summed E-state index contributed by atoms with van der Waals surface area (Å²) >= 11 is 0. The fraction of sp³-hybridized carbons (Fsp3) is 0.769. The first-order valence-corrected chi connectivity index (χ1v) is 6.64. The number of carbonyl (C=O) groups is 3. The fourth-order valence-corrected chi connectivity index (χ4v) is 2.08. The van der Waals surface area contributed by atoms with Crippen LogP contribution in [0.3, 0.4) is 0 Å². The van der Waals surface area contributed by atoms with Gasteiger partial charge in [0.25, 0.3) is 0 Å². The average Bonchev–Trinajstić information content (AvgIpc) is 2.35. The molecule has 0 spiro atoms. The van der Waals surface area contributed by atoms with E-state index in [4.69, 9.17) is 5.73 Å². The largest absolute Gasteiger partial charge is 0.481 e. The normalized spacial score (nSPS) is 23.2. The van der Waals surface area contributed by atoms with Crippen LogP contribution in [0.25, 0.3) is 0 Å². The number of rotatable bonds is 4. The van der Waals surface area contributed by atoms with E-state index in [1.54, 1.807) is 20.8 Å². The highest BCUT2D eigenvalue weighted by Gasteiger charge is 2.39. The van der Waals surface area contributed by atoms with Crippen LogP contribution in [0, 0.1) is 10.8 Å². The van der Waals surface area contributed by atoms with Crippen molar-refractivity contribution < 1.29 is 19.5 Å². The molecular weight excluding hydrogens is 262 g/mol. The lowest BCUT2D eigenvalue weighted by atomic mass is 9.82. The van der Waals surface area contributed by atoms with Gasteiger partial charge in [-0.05, 0) is 33.6 Å². The smallest absolute Gasteiger partial charge is 0.317 e. The van der Waals surface area contributed by atoms with E-state index in [0.717, 1.165) is 0 Å². The molecule has 1 unspecified atom stereocenters. The Labute approximate surface area is 118 Å². The summed E-state index contributed by atoms with van der Waals surface area (Å²) < 4.78 is 0. The highest BCUT2D eigenvalue weighted by molar-refractivity contribution is 5.82. The molecule has 4 N–H and O–H groups in total. The van der Waals surface area contributed by atoms with E-state index in [0.29, 0.717) is 19.4 Å². The van der Waals surface area contributed by atoms with Crippen molar-refractivity contribution in [2.24, 2.45) is 16.6 Å². The number of carboxylic acids is 1. The number of nitrogens with zero attached hydrogens (tertiary/aromatic N) is 1. The Morgan fingerprint density at radius 1 is 1.40 bits per heavy atom. The minimum atomic E-state index is -0.908. The lowest BCUT2D eigenvalue weighted by Crippen LogP contribution is -2.53. The Morgan fingerprint density at radius 3 is 2.50 bits per heavy atom. The number of aliphatic carboxylic acids is 1. The number of piperidine rings is 1. The monoisotopic (exact) mass is 285 g/mol. The van der Waals surface area contributed by atoms with Gasteiger partial charge in [-0.25, -0.2) is 4.79 Å². The minimum absolute atomic E-state index is 0.126. The van der Waals surface area contributed by atoms with E-state index in [9.17, 15) is 19.5 Å². The van der Waals surface area contributed by atoms with Crippen molar-refractivity contribution in [3.05, 3.63) is 0 Å². The maximum Gasteiger partial charge on any atom is 0.317 e. The summed E-state index contributed by atoms with van der Waals surface area (Å²) in [4.78, 5) is 35.9. The molecule has 0 aromatic carbocycles. The van der Waals surface area contributed by atoms with Crippen LogP contribution in [0.1, 0.15) is 33.6 Å². The second-order valence-corrected chi connectivity index (χ2v) is 6.30. The first kappa shape index (κ1) is 16.3. The number of urea groups is 1. The molecule has 0 radical (unpaired) electrons. The molecule has 1 heterocycles. The molecule has 0 bridgehead atoms.